The lowest BCUT2D eigenvalue weighted by molar-refractivity contribution is 0.0699. The number of H-pyrrole nitrogens is 1. The van der Waals surface area contributed by atoms with Crippen LogP contribution in [0.2, 0.25) is 10.0 Å². The van der Waals surface area contributed by atoms with E-state index in [4.69, 9.17) is 32.7 Å². The minimum Gasteiger partial charge on any atom is -0.455 e. The number of fused-ring (bicyclic) bond motifs is 1. The van der Waals surface area contributed by atoms with Crippen LogP contribution in [0.3, 0.4) is 0 Å². The van der Waals surface area contributed by atoms with Gasteiger partial charge in [0.1, 0.15) is 23.2 Å². The molecule has 61 heavy (non-hydrogen) atoms. The Morgan fingerprint density at radius 2 is 1.80 bits per heavy atom. The number of amides is 1. The van der Waals surface area contributed by atoms with Crippen LogP contribution < -0.4 is 19.7 Å². The van der Waals surface area contributed by atoms with Gasteiger partial charge in [-0.3, -0.25) is 9.69 Å². The first-order chi connectivity index (χ1) is 29.3. The Morgan fingerprint density at radius 1 is 1.03 bits per heavy atom. The van der Waals surface area contributed by atoms with Gasteiger partial charge in [0.05, 0.1) is 32.9 Å². The highest BCUT2D eigenvalue weighted by Crippen LogP contribution is 2.43. The van der Waals surface area contributed by atoms with Crippen LogP contribution in [-0.4, -0.2) is 81.7 Å². The maximum absolute atomic E-state index is 14.0. The maximum atomic E-state index is 14.0. The number of sulfonamides is 1. The number of allylic oxidation sites excluding steroid dienone is 1. The number of carbonyl (C=O) groups is 1. The van der Waals surface area contributed by atoms with Crippen molar-refractivity contribution in [3.63, 3.8) is 0 Å². The zero-order valence-electron chi connectivity index (χ0n) is 34.3. The molecule has 0 bridgehead atoms. The molecular formula is C46H49Cl2N7O5S. The number of nitriles is 1. The molecule has 5 aromatic rings. The summed E-state index contributed by atoms with van der Waals surface area (Å²) in [6.07, 6.45) is 8.29. The Balaban J connectivity index is 1.01. The second kappa shape index (κ2) is 18.1. The highest BCUT2D eigenvalue weighted by Gasteiger charge is 2.30. The molecule has 1 aliphatic carbocycles. The molecule has 3 aliphatic rings. The van der Waals surface area contributed by atoms with Gasteiger partial charge >= 0.3 is 0 Å². The van der Waals surface area contributed by atoms with Crippen LogP contribution in [0.15, 0.2) is 89.6 Å². The molecule has 15 heteroatoms. The number of anilines is 2. The number of aromatic nitrogens is 2. The number of nitrogens with one attached hydrogen (secondary N) is 3. The van der Waals surface area contributed by atoms with Crippen LogP contribution >= 0.6 is 23.2 Å². The molecule has 2 aliphatic heterocycles. The van der Waals surface area contributed by atoms with Crippen molar-refractivity contribution in [1.29, 1.82) is 5.26 Å². The Bertz CT molecular complexity index is 2610. The fourth-order valence-corrected chi connectivity index (χ4v) is 9.91. The number of hydrogen-bond donors (Lipinski definition) is 3. The van der Waals surface area contributed by atoms with Crippen molar-refractivity contribution < 1.29 is 22.7 Å². The molecule has 1 amide bonds. The van der Waals surface area contributed by atoms with Gasteiger partial charge in [-0.1, -0.05) is 54.8 Å². The maximum Gasteiger partial charge on any atom is 0.268 e. The average molecular weight is 883 g/mol. The van der Waals surface area contributed by atoms with E-state index in [9.17, 15) is 18.5 Å². The Labute approximate surface area is 366 Å². The molecule has 2 saturated heterocycles. The standard InChI is InChI=1S/C46H49Cl2N7O5S/c1-46(2)13-9-33(40(25-46)31-3-5-35(47)6-4-31)29-54-15-17-55(18-16-54)36-7-8-39(42(23-36)60-37-21-32-10-14-50-44(32)52-28-37)45(56)53-61(57,58)38-22-34(26-49)43(41(48)24-38)51-27-30-11-19-59-20-12-30/h3-8,10,14,21-24,28,30,51H,9,11-13,15-20,25,27,29H2,1-2H3,(H,50,52)(H,53,56). The van der Waals surface area contributed by atoms with E-state index in [0.29, 0.717) is 42.8 Å². The summed E-state index contributed by atoms with van der Waals surface area (Å²) in [6.45, 7) is 10.6. The smallest absolute Gasteiger partial charge is 0.268 e. The normalized spacial score (nSPS) is 17.6. The van der Waals surface area contributed by atoms with Crippen molar-refractivity contribution in [2.45, 2.75) is 50.8 Å². The number of hydrogen-bond acceptors (Lipinski definition) is 10. The topological polar surface area (TPSA) is 153 Å². The Kier molecular flexibility index (Phi) is 12.6. The molecule has 4 heterocycles. The number of benzene rings is 3. The van der Waals surface area contributed by atoms with Gasteiger partial charge in [0.25, 0.3) is 15.9 Å². The van der Waals surface area contributed by atoms with Gasteiger partial charge in [-0.15, -0.1) is 0 Å². The van der Waals surface area contributed by atoms with Gasteiger partial charge in [0.15, 0.2) is 0 Å². The van der Waals surface area contributed by atoms with Crippen LogP contribution in [0.5, 0.6) is 11.5 Å². The monoisotopic (exact) mass is 881 g/mol. The summed E-state index contributed by atoms with van der Waals surface area (Å²) in [7, 11) is -4.48. The molecule has 2 fully saturated rings. The molecule has 0 radical (unpaired) electrons. The lowest BCUT2D eigenvalue weighted by atomic mass is 9.72. The summed E-state index contributed by atoms with van der Waals surface area (Å²) in [5, 5.41) is 14.8. The van der Waals surface area contributed by atoms with E-state index >= 15 is 0 Å². The predicted octanol–water partition coefficient (Wildman–Crippen LogP) is 9.28. The summed E-state index contributed by atoms with van der Waals surface area (Å²) in [4.78, 5) is 25.9. The first-order valence-corrected chi connectivity index (χ1v) is 22.9. The highest BCUT2D eigenvalue weighted by atomic mass is 35.5. The molecule has 2 aromatic heterocycles. The minimum absolute atomic E-state index is 0.00312. The van der Waals surface area contributed by atoms with Crippen molar-refractivity contribution in [2.24, 2.45) is 11.3 Å². The molecule has 3 aromatic carbocycles. The second-order valence-electron chi connectivity index (χ2n) is 16.9. The van der Waals surface area contributed by atoms with Gasteiger partial charge in [-0.25, -0.2) is 18.1 Å². The van der Waals surface area contributed by atoms with E-state index in [-0.39, 0.29) is 32.2 Å². The molecule has 3 N–H and O–H groups in total. The number of halogens is 2. The Morgan fingerprint density at radius 3 is 2.56 bits per heavy atom. The third kappa shape index (κ3) is 10.0. The summed E-state index contributed by atoms with van der Waals surface area (Å²) in [6, 6.07) is 21.5. The molecule has 318 valence electrons. The van der Waals surface area contributed by atoms with Crippen LogP contribution in [0.1, 0.15) is 67.4 Å². The molecule has 0 atom stereocenters. The van der Waals surface area contributed by atoms with Gasteiger partial charge in [-0.05, 0) is 103 Å². The van der Waals surface area contributed by atoms with Crippen molar-refractivity contribution in [3.8, 4) is 17.6 Å². The van der Waals surface area contributed by atoms with E-state index in [1.54, 1.807) is 30.6 Å². The van der Waals surface area contributed by atoms with Gasteiger partial charge in [0.2, 0.25) is 0 Å². The van der Waals surface area contributed by atoms with Crippen molar-refractivity contribution in [2.75, 3.05) is 62.7 Å². The number of rotatable bonds is 12. The highest BCUT2D eigenvalue weighted by molar-refractivity contribution is 7.90. The van der Waals surface area contributed by atoms with E-state index in [0.717, 1.165) is 80.9 Å². The van der Waals surface area contributed by atoms with Crippen molar-refractivity contribution in [1.82, 2.24) is 19.6 Å². The molecule has 0 saturated carbocycles. The molecular weight excluding hydrogens is 834 g/mol. The Hall–Kier alpha value is -5.10. The third-order valence-electron chi connectivity index (χ3n) is 12.0. The first-order valence-electron chi connectivity index (χ1n) is 20.7. The zero-order chi connectivity index (χ0) is 42.7. The van der Waals surface area contributed by atoms with Crippen molar-refractivity contribution >= 4 is 67.1 Å². The van der Waals surface area contributed by atoms with Crippen molar-refractivity contribution in [3.05, 3.63) is 111 Å². The molecule has 0 spiro atoms. The summed E-state index contributed by atoms with van der Waals surface area (Å²) in [5.74, 6) is -0.0334. The molecule has 8 rings (SSSR count). The predicted molar refractivity (Wildman–Crippen MR) is 240 cm³/mol. The lowest BCUT2D eigenvalue weighted by Crippen LogP contribution is -2.47. The van der Waals surface area contributed by atoms with Gasteiger partial charge in [-0.2, -0.15) is 5.26 Å². The molecule has 0 unspecified atom stereocenters. The number of piperazine rings is 1. The van der Waals surface area contributed by atoms with Crippen LogP contribution in [0, 0.1) is 22.7 Å². The number of carbonyl (C=O) groups excluding carboxylic acids is 1. The minimum atomic E-state index is -4.48. The number of ether oxygens (including phenoxy) is 2. The fraction of sp³-hybridized carbons (Fsp3) is 0.370. The number of aromatic amines is 1. The summed E-state index contributed by atoms with van der Waals surface area (Å²) < 4.78 is 41.5. The van der Waals surface area contributed by atoms with E-state index in [1.165, 1.54) is 28.8 Å². The fourth-order valence-electron chi connectivity index (χ4n) is 8.42. The van der Waals surface area contributed by atoms with Gasteiger partial charge < -0.3 is 24.7 Å². The average Bonchev–Trinajstić information content (AvgIpc) is 3.72. The second-order valence-corrected chi connectivity index (χ2v) is 19.4. The number of pyridine rings is 1. The summed E-state index contributed by atoms with van der Waals surface area (Å²) >= 11 is 12.8. The van der Waals surface area contributed by atoms with Crippen LogP contribution in [-0.2, 0) is 14.8 Å². The van der Waals surface area contributed by atoms with E-state index in [1.807, 2.05) is 24.3 Å². The first kappa shape index (κ1) is 42.6. The SMILES string of the molecule is CC1(C)CCC(CN2CCN(c3ccc(C(=O)NS(=O)(=O)c4cc(Cl)c(NCC5CCOCC5)c(C#N)c4)c(Oc4cnc5[nH]ccc5c4)c3)CC2)=C(c2ccc(Cl)cc2)C1. The van der Waals surface area contributed by atoms with E-state index < -0.39 is 15.9 Å². The third-order valence-corrected chi connectivity index (χ3v) is 13.8. The van der Waals surface area contributed by atoms with E-state index in [2.05, 4.69) is 61.9 Å². The summed E-state index contributed by atoms with van der Waals surface area (Å²) in [5.41, 5.74) is 6.28. The molecule has 12 nitrogen and oxygen atoms in total. The zero-order valence-corrected chi connectivity index (χ0v) is 36.6. The largest absolute Gasteiger partial charge is 0.455 e. The van der Waals surface area contributed by atoms with Crippen LogP contribution in [0.4, 0.5) is 11.4 Å². The quantitative estimate of drug-likeness (QED) is 0.111. The lowest BCUT2D eigenvalue weighted by Gasteiger charge is -2.39. The van der Waals surface area contributed by atoms with Crippen LogP contribution in [0.25, 0.3) is 16.6 Å². The van der Waals surface area contributed by atoms with Gasteiger partial charge in [0, 0.05) is 80.8 Å². The number of nitrogens with zero attached hydrogens (tertiary/aromatic N) is 4.